The Bertz CT molecular complexity index is 1290. The molecule has 0 saturated carbocycles. The van der Waals surface area contributed by atoms with Gasteiger partial charge < -0.3 is 40.0 Å². The highest BCUT2D eigenvalue weighted by Gasteiger charge is 2.47. The van der Waals surface area contributed by atoms with Gasteiger partial charge >= 0.3 is 12.1 Å². The molecular formula is C38H57NO9. The molecule has 1 aromatic rings. The van der Waals surface area contributed by atoms with Gasteiger partial charge in [-0.25, -0.2) is 4.79 Å². The molecule has 2 aliphatic rings. The monoisotopic (exact) mass is 671 g/mol. The number of carbonyl (C=O) groups is 2. The third-order valence-electron chi connectivity index (χ3n) is 9.47. The molecule has 1 fully saturated rings. The fourth-order valence-electron chi connectivity index (χ4n) is 6.03. The number of aliphatic hydroxyl groups excluding tert-OH is 2. The zero-order valence-electron chi connectivity index (χ0n) is 29.6. The van der Waals surface area contributed by atoms with Gasteiger partial charge in [0.05, 0.1) is 36.4 Å². The SMILES string of the molecule is CCc1ccc(CNC(=O)OC2/C=C/C(C)C(/C(C)=C/C=C/C(C)(O)CC3OC3C(C)C(O)CC)OC(=O)CC(O)CCC2(C)O)cc1. The molecule has 48 heavy (non-hydrogen) atoms. The van der Waals surface area contributed by atoms with Crippen LogP contribution in [0.25, 0.3) is 0 Å². The fourth-order valence-corrected chi connectivity index (χ4v) is 6.03. The highest BCUT2D eigenvalue weighted by atomic mass is 16.6. The Morgan fingerprint density at radius 3 is 2.52 bits per heavy atom. The lowest BCUT2D eigenvalue weighted by atomic mass is 9.88. The van der Waals surface area contributed by atoms with Crippen molar-refractivity contribution < 1.29 is 44.2 Å². The van der Waals surface area contributed by atoms with Gasteiger partial charge in [0.1, 0.15) is 11.7 Å². The molecule has 5 N–H and O–H groups in total. The molecule has 0 radical (unpaired) electrons. The summed E-state index contributed by atoms with van der Waals surface area (Å²) in [6, 6.07) is 7.90. The smallest absolute Gasteiger partial charge is 0.408 e. The van der Waals surface area contributed by atoms with E-state index in [1.54, 1.807) is 44.2 Å². The number of cyclic esters (lactones) is 1. The summed E-state index contributed by atoms with van der Waals surface area (Å²) in [5.41, 5.74) is 0.111. The molecule has 10 heteroatoms. The molecule has 1 aromatic carbocycles. The lowest BCUT2D eigenvalue weighted by Gasteiger charge is -2.32. The Balaban J connectivity index is 1.72. The second kappa shape index (κ2) is 17.6. The zero-order chi connectivity index (χ0) is 35.6. The Labute approximate surface area is 285 Å². The lowest BCUT2D eigenvalue weighted by Crippen LogP contribution is -2.44. The van der Waals surface area contributed by atoms with Crippen LogP contribution in [0, 0.1) is 11.8 Å². The van der Waals surface area contributed by atoms with Gasteiger partial charge in [-0.05, 0) is 69.2 Å². The molecule has 10 unspecified atom stereocenters. The van der Waals surface area contributed by atoms with E-state index >= 15 is 0 Å². The first-order chi connectivity index (χ1) is 22.5. The third kappa shape index (κ3) is 12.1. The molecule has 2 aliphatic heterocycles. The number of epoxide rings is 1. The van der Waals surface area contributed by atoms with E-state index in [9.17, 15) is 30.0 Å². The lowest BCUT2D eigenvalue weighted by molar-refractivity contribution is -0.151. The summed E-state index contributed by atoms with van der Waals surface area (Å²) in [4.78, 5) is 25.7. The molecule has 0 aromatic heterocycles. The predicted octanol–water partition coefficient (Wildman–Crippen LogP) is 5.06. The molecule has 1 amide bonds. The number of esters is 1. The van der Waals surface area contributed by atoms with E-state index in [-0.39, 0.29) is 43.9 Å². The van der Waals surface area contributed by atoms with E-state index in [2.05, 4.69) is 12.2 Å². The van der Waals surface area contributed by atoms with Crippen LogP contribution in [0.1, 0.15) is 91.7 Å². The highest BCUT2D eigenvalue weighted by molar-refractivity contribution is 5.70. The van der Waals surface area contributed by atoms with Crippen molar-refractivity contribution in [2.24, 2.45) is 11.8 Å². The number of aryl methyl sites for hydroxylation is 1. The maximum absolute atomic E-state index is 12.8. The number of amides is 1. The van der Waals surface area contributed by atoms with E-state index < -0.39 is 53.6 Å². The summed E-state index contributed by atoms with van der Waals surface area (Å²) in [6.07, 6.45) is 6.14. The fraction of sp³-hybridized carbons (Fsp3) is 0.632. The van der Waals surface area contributed by atoms with Crippen LogP contribution in [0.3, 0.4) is 0 Å². The van der Waals surface area contributed by atoms with Gasteiger partial charge in [-0.15, -0.1) is 0 Å². The first-order valence-corrected chi connectivity index (χ1v) is 17.3. The van der Waals surface area contributed by atoms with Crippen LogP contribution in [-0.4, -0.2) is 80.3 Å². The summed E-state index contributed by atoms with van der Waals surface area (Å²) in [5, 5.41) is 45.8. The minimum absolute atomic E-state index is 0.0164. The van der Waals surface area contributed by atoms with Crippen LogP contribution >= 0.6 is 0 Å². The number of ether oxygens (including phenoxy) is 3. The summed E-state index contributed by atoms with van der Waals surface area (Å²) in [5.74, 6) is -0.988. The largest absolute Gasteiger partial charge is 0.457 e. The Kier molecular flexibility index (Phi) is 14.4. The Hall–Kier alpha value is -3.02. The molecule has 0 bridgehead atoms. The van der Waals surface area contributed by atoms with Crippen molar-refractivity contribution >= 4 is 12.1 Å². The number of benzene rings is 1. The highest BCUT2D eigenvalue weighted by Crippen LogP contribution is 2.37. The number of aliphatic hydroxyl groups is 4. The normalized spacial score (nSPS) is 31.8. The molecule has 0 aliphatic carbocycles. The summed E-state index contributed by atoms with van der Waals surface area (Å²) >= 11 is 0. The molecule has 10 nitrogen and oxygen atoms in total. The number of allylic oxidation sites excluding steroid dienone is 2. The molecule has 268 valence electrons. The van der Waals surface area contributed by atoms with Gasteiger partial charge in [0.15, 0.2) is 6.10 Å². The number of alkyl carbamates (subject to hydrolysis) is 1. The van der Waals surface area contributed by atoms with Gasteiger partial charge in [-0.1, -0.05) is 76.3 Å². The number of hydrogen-bond donors (Lipinski definition) is 5. The van der Waals surface area contributed by atoms with Gasteiger partial charge in [-0.2, -0.15) is 0 Å². The Morgan fingerprint density at radius 1 is 1.21 bits per heavy atom. The number of hydrogen-bond acceptors (Lipinski definition) is 9. The zero-order valence-corrected chi connectivity index (χ0v) is 29.6. The number of rotatable bonds is 12. The summed E-state index contributed by atoms with van der Waals surface area (Å²) in [7, 11) is 0. The van der Waals surface area contributed by atoms with Crippen LogP contribution in [0.15, 0.2) is 60.2 Å². The van der Waals surface area contributed by atoms with Crippen LogP contribution in [-0.2, 0) is 32.0 Å². The van der Waals surface area contributed by atoms with E-state index in [1.807, 2.05) is 52.0 Å². The van der Waals surface area contributed by atoms with Crippen molar-refractivity contribution in [3.63, 3.8) is 0 Å². The van der Waals surface area contributed by atoms with Crippen molar-refractivity contribution in [3.05, 3.63) is 71.3 Å². The van der Waals surface area contributed by atoms with Gasteiger partial charge in [-0.3, -0.25) is 4.79 Å². The standard InChI is InChI=1S/C38H57NO9/c1-8-27-13-15-28(16-14-27)23-39-36(43)47-32-17-12-25(4)34(48-33(42)21-29(40)18-20-38(32,7)45)24(3)11-10-19-37(6,44)22-31-35(46-31)26(5)30(41)9-2/h10-17,19,25-26,29-32,34-35,40-41,44-45H,8-9,18,20-23H2,1-7H3,(H,39,43)/b17-12+,19-10+,24-11+. The van der Waals surface area contributed by atoms with Gasteiger partial charge in [0.25, 0.3) is 0 Å². The van der Waals surface area contributed by atoms with Crippen molar-refractivity contribution in [2.75, 3.05) is 0 Å². The maximum Gasteiger partial charge on any atom is 0.408 e. The predicted molar refractivity (Wildman–Crippen MR) is 184 cm³/mol. The first kappa shape index (κ1) is 39.4. The minimum Gasteiger partial charge on any atom is -0.457 e. The van der Waals surface area contributed by atoms with Crippen LogP contribution in [0.4, 0.5) is 4.79 Å². The third-order valence-corrected chi connectivity index (χ3v) is 9.47. The number of carbonyl (C=O) groups excluding carboxylic acids is 2. The number of nitrogens with one attached hydrogen (secondary N) is 1. The summed E-state index contributed by atoms with van der Waals surface area (Å²) in [6.45, 7) is 13.1. The second-order valence-corrected chi connectivity index (χ2v) is 14.1. The van der Waals surface area contributed by atoms with Crippen molar-refractivity contribution in [1.82, 2.24) is 5.32 Å². The molecule has 10 atom stereocenters. The first-order valence-electron chi connectivity index (χ1n) is 17.3. The minimum atomic E-state index is -1.52. The molecule has 0 spiro atoms. The molecule has 1 saturated heterocycles. The van der Waals surface area contributed by atoms with E-state index in [1.165, 1.54) is 5.56 Å². The Morgan fingerprint density at radius 2 is 1.88 bits per heavy atom. The van der Waals surface area contributed by atoms with Crippen LogP contribution < -0.4 is 5.32 Å². The average Bonchev–Trinajstić information content (AvgIpc) is 3.80. The van der Waals surface area contributed by atoms with Crippen molar-refractivity contribution in [2.45, 2.75) is 141 Å². The maximum atomic E-state index is 12.8. The van der Waals surface area contributed by atoms with E-state index in [0.717, 1.165) is 12.0 Å². The second-order valence-electron chi connectivity index (χ2n) is 14.1. The average molecular weight is 672 g/mol. The quantitative estimate of drug-likeness (QED) is 0.0887. The molecule has 2 heterocycles. The van der Waals surface area contributed by atoms with Crippen molar-refractivity contribution in [1.29, 1.82) is 0 Å². The van der Waals surface area contributed by atoms with Crippen LogP contribution in [0.5, 0.6) is 0 Å². The molecule has 3 rings (SSSR count). The topological polar surface area (TPSA) is 158 Å². The van der Waals surface area contributed by atoms with E-state index in [4.69, 9.17) is 14.2 Å². The summed E-state index contributed by atoms with van der Waals surface area (Å²) < 4.78 is 17.3. The van der Waals surface area contributed by atoms with Crippen molar-refractivity contribution in [3.8, 4) is 0 Å². The van der Waals surface area contributed by atoms with Gasteiger partial charge in [0, 0.05) is 24.8 Å². The van der Waals surface area contributed by atoms with E-state index in [0.29, 0.717) is 18.4 Å². The van der Waals surface area contributed by atoms with Gasteiger partial charge in [0.2, 0.25) is 0 Å². The molecular weight excluding hydrogens is 614 g/mol. The van der Waals surface area contributed by atoms with Crippen LogP contribution in [0.2, 0.25) is 0 Å².